The summed E-state index contributed by atoms with van der Waals surface area (Å²) in [6.07, 6.45) is 3.81. The largest absolute Gasteiger partial charge is 0.453 e. The summed E-state index contributed by atoms with van der Waals surface area (Å²) in [6.45, 7) is 5.40. The minimum absolute atomic E-state index is 0.0369. The van der Waals surface area contributed by atoms with Crippen molar-refractivity contribution in [1.29, 1.82) is 0 Å². The van der Waals surface area contributed by atoms with Crippen LogP contribution in [-0.4, -0.2) is 36.0 Å². The third kappa shape index (κ3) is 2.28. The first-order chi connectivity index (χ1) is 11.2. The lowest BCUT2D eigenvalue weighted by molar-refractivity contribution is 0.0687. The van der Waals surface area contributed by atoms with Crippen LogP contribution in [0.1, 0.15) is 17.2 Å². The minimum atomic E-state index is 0.0369. The number of nitrogens with zero attached hydrogens (tertiary/aromatic N) is 2. The molecule has 1 saturated heterocycles. The Morgan fingerprint density at radius 1 is 1.26 bits per heavy atom. The van der Waals surface area contributed by atoms with Crippen LogP contribution in [0.15, 0.2) is 35.0 Å². The van der Waals surface area contributed by atoms with Crippen LogP contribution in [0.5, 0.6) is 0 Å². The monoisotopic (exact) mass is 312 g/mol. The molecule has 0 bridgehead atoms. The normalized spacial score (nSPS) is 21.3. The van der Waals surface area contributed by atoms with E-state index in [1.54, 1.807) is 13.3 Å². The summed E-state index contributed by atoms with van der Waals surface area (Å²) in [7, 11) is 1.72. The number of methoxy groups -OCH3 is 1. The van der Waals surface area contributed by atoms with Crippen molar-refractivity contribution in [1.82, 2.24) is 9.55 Å². The van der Waals surface area contributed by atoms with E-state index in [-0.39, 0.29) is 12.1 Å². The molecule has 0 unspecified atom stereocenters. The molecule has 5 nitrogen and oxygen atoms in total. The van der Waals surface area contributed by atoms with Gasteiger partial charge >= 0.3 is 0 Å². The average Bonchev–Trinajstić information content (AvgIpc) is 3.25. The van der Waals surface area contributed by atoms with Crippen molar-refractivity contribution in [2.75, 3.05) is 20.3 Å². The fourth-order valence-corrected chi connectivity index (χ4v) is 3.31. The summed E-state index contributed by atoms with van der Waals surface area (Å²) < 4.78 is 19.3. The molecule has 1 aromatic carbocycles. The predicted octanol–water partition coefficient (Wildman–Crippen LogP) is 3.50. The van der Waals surface area contributed by atoms with E-state index in [9.17, 15) is 0 Å². The zero-order chi connectivity index (χ0) is 16.0. The molecule has 1 fully saturated rings. The van der Waals surface area contributed by atoms with Crippen LogP contribution < -0.4 is 0 Å². The van der Waals surface area contributed by atoms with Gasteiger partial charge in [0.1, 0.15) is 11.7 Å². The van der Waals surface area contributed by atoms with E-state index in [0.29, 0.717) is 13.2 Å². The van der Waals surface area contributed by atoms with E-state index < -0.39 is 0 Å². The second-order valence-corrected chi connectivity index (χ2v) is 6.09. The summed E-state index contributed by atoms with van der Waals surface area (Å²) in [5.41, 5.74) is 3.23. The van der Waals surface area contributed by atoms with Gasteiger partial charge in [-0.05, 0) is 26.0 Å². The Labute approximate surface area is 134 Å². The molecule has 1 aliphatic rings. The maximum absolute atomic E-state index is 6.10. The Morgan fingerprint density at radius 2 is 2.13 bits per heavy atom. The Kier molecular flexibility index (Phi) is 3.47. The van der Waals surface area contributed by atoms with Crippen LogP contribution in [0.25, 0.3) is 22.6 Å². The third-order valence-electron chi connectivity index (χ3n) is 4.62. The summed E-state index contributed by atoms with van der Waals surface area (Å²) >= 11 is 0. The van der Waals surface area contributed by atoms with Gasteiger partial charge in [0.05, 0.1) is 19.3 Å². The van der Waals surface area contributed by atoms with E-state index in [4.69, 9.17) is 13.9 Å². The zero-order valence-electron chi connectivity index (χ0n) is 13.6. The molecule has 3 heterocycles. The maximum Gasteiger partial charge on any atom is 0.176 e. The number of aromatic nitrogens is 2. The number of imidazole rings is 1. The lowest BCUT2D eigenvalue weighted by atomic mass is 10.1. The van der Waals surface area contributed by atoms with Crippen molar-refractivity contribution in [3.05, 3.63) is 41.7 Å². The highest BCUT2D eigenvalue weighted by Gasteiger charge is 2.32. The molecular formula is C18H20N2O3. The Morgan fingerprint density at radius 3 is 2.96 bits per heavy atom. The van der Waals surface area contributed by atoms with Crippen molar-refractivity contribution in [2.45, 2.75) is 26.0 Å². The van der Waals surface area contributed by atoms with Crippen molar-refractivity contribution in [3.8, 4) is 11.6 Å². The Bertz CT molecular complexity index is 849. The number of furan rings is 1. The molecule has 120 valence electrons. The minimum Gasteiger partial charge on any atom is -0.453 e. The smallest absolute Gasteiger partial charge is 0.176 e. The Hall–Kier alpha value is -2.11. The highest BCUT2D eigenvalue weighted by molar-refractivity contribution is 5.87. The van der Waals surface area contributed by atoms with Gasteiger partial charge in [-0.15, -0.1) is 0 Å². The molecule has 23 heavy (non-hydrogen) atoms. The molecular weight excluding hydrogens is 292 g/mol. The van der Waals surface area contributed by atoms with Crippen molar-refractivity contribution in [2.24, 2.45) is 0 Å². The van der Waals surface area contributed by atoms with E-state index in [1.807, 2.05) is 12.3 Å². The van der Waals surface area contributed by atoms with Gasteiger partial charge in [0, 0.05) is 30.5 Å². The predicted molar refractivity (Wildman–Crippen MR) is 87.6 cm³/mol. The second-order valence-electron chi connectivity index (χ2n) is 6.09. The van der Waals surface area contributed by atoms with E-state index in [2.05, 4.69) is 35.5 Å². The molecule has 2 atom stereocenters. The van der Waals surface area contributed by atoms with Crippen LogP contribution in [0.2, 0.25) is 0 Å². The SMILES string of the molecule is CO[C@H]1COC[C@H]1n1ccnc1-c1oc2ccc(C)cc2c1C. The number of fused-ring (bicyclic) bond motifs is 1. The zero-order valence-corrected chi connectivity index (χ0v) is 13.6. The van der Waals surface area contributed by atoms with Gasteiger partial charge in [-0.2, -0.15) is 0 Å². The first kappa shape index (κ1) is 14.5. The van der Waals surface area contributed by atoms with Gasteiger partial charge in [-0.25, -0.2) is 4.98 Å². The first-order valence-electron chi connectivity index (χ1n) is 7.82. The summed E-state index contributed by atoms with van der Waals surface area (Å²) in [4.78, 5) is 4.54. The molecule has 0 radical (unpaired) electrons. The van der Waals surface area contributed by atoms with Gasteiger partial charge in [-0.1, -0.05) is 11.6 Å². The van der Waals surface area contributed by atoms with Crippen molar-refractivity contribution < 1.29 is 13.9 Å². The average molecular weight is 312 g/mol. The van der Waals surface area contributed by atoms with Crippen molar-refractivity contribution >= 4 is 11.0 Å². The topological polar surface area (TPSA) is 49.4 Å². The van der Waals surface area contributed by atoms with E-state index >= 15 is 0 Å². The van der Waals surface area contributed by atoms with Crippen LogP contribution in [0, 0.1) is 13.8 Å². The molecule has 5 heteroatoms. The maximum atomic E-state index is 6.10. The molecule has 1 aliphatic heterocycles. The highest BCUT2D eigenvalue weighted by Crippen LogP contribution is 2.35. The van der Waals surface area contributed by atoms with Gasteiger partial charge in [0.2, 0.25) is 0 Å². The molecule has 0 aliphatic carbocycles. The quantitative estimate of drug-likeness (QED) is 0.743. The third-order valence-corrected chi connectivity index (χ3v) is 4.62. The standard InChI is InChI=1S/C18H20N2O3/c1-11-4-5-15-13(8-11)12(2)17(23-15)18-19-6-7-20(18)14-9-22-10-16(14)21-3/h4-8,14,16H,9-10H2,1-3H3/t14-,16+/m1/s1. The molecule has 3 aromatic rings. The fourth-order valence-electron chi connectivity index (χ4n) is 3.31. The van der Waals surface area contributed by atoms with Crippen LogP contribution in [-0.2, 0) is 9.47 Å². The second kappa shape index (κ2) is 5.51. The molecule has 0 N–H and O–H groups in total. The summed E-state index contributed by atoms with van der Waals surface area (Å²) in [5, 5.41) is 1.14. The number of benzene rings is 1. The van der Waals surface area contributed by atoms with Gasteiger partial charge in [0.25, 0.3) is 0 Å². The molecule has 4 rings (SSSR count). The van der Waals surface area contributed by atoms with Crippen LogP contribution in [0.3, 0.4) is 0 Å². The molecule has 0 saturated carbocycles. The van der Waals surface area contributed by atoms with Gasteiger partial charge in [0.15, 0.2) is 11.6 Å². The molecule has 2 aromatic heterocycles. The van der Waals surface area contributed by atoms with Crippen LogP contribution >= 0.6 is 0 Å². The van der Waals surface area contributed by atoms with E-state index in [0.717, 1.165) is 28.1 Å². The number of ether oxygens (including phenoxy) is 2. The number of hydrogen-bond donors (Lipinski definition) is 0. The van der Waals surface area contributed by atoms with Crippen LogP contribution in [0.4, 0.5) is 0 Å². The lowest BCUT2D eigenvalue weighted by Gasteiger charge is -2.19. The molecule has 0 spiro atoms. The molecule has 0 amide bonds. The van der Waals surface area contributed by atoms with Crippen molar-refractivity contribution in [3.63, 3.8) is 0 Å². The number of aryl methyl sites for hydroxylation is 2. The number of hydrogen-bond acceptors (Lipinski definition) is 4. The van der Waals surface area contributed by atoms with Gasteiger partial charge in [-0.3, -0.25) is 0 Å². The van der Waals surface area contributed by atoms with Gasteiger partial charge < -0.3 is 18.5 Å². The highest BCUT2D eigenvalue weighted by atomic mass is 16.5. The Balaban J connectivity index is 1.83. The van der Waals surface area contributed by atoms with E-state index in [1.165, 1.54) is 5.56 Å². The first-order valence-corrected chi connectivity index (χ1v) is 7.82. The fraction of sp³-hybridized carbons (Fsp3) is 0.389. The number of rotatable bonds is 3. The lowest BCUT2D eigenvalue weighted by Crippen LogP contribution is -2.24. The summed E-state index contributed by atoms with van der Waals surface area (Å²) in [6, 6.07) is 6.35. The summed E-state index contributed by atoms with van der Waals surface area (Å²) in [5.74, 6) is 1.64.